The van der Waals surface area contributed by atoms with Crippen LogP contribution < -0.4 is 4.74 Å². The van der Waals surface area contributed by atoms with E-state index in [4.69, 9.17) is 4.74 Å². The molecule has 0 saturated carbocycles. The summed E-state index contributed by atoms with van der Waals surface area (Å²) < 4.78 is 5.33. The first kappa shape index (κ1) is 15.0. The number of rotatable bonds is 4. The second-order valence-electron chi connectivity index (χ2n) is 5.56. The lowest BCUT2D eigenvalue weighted by molar-refractivity contribution is 0.0930. The van der Waals surface area contributed by atoms with Crippen molar-refractivity contribution >= 4 is 5.78 Å². The summed E-state index contributed by atoms with van der Waals surface area (Å²) in [5.41, 5.74) is 1.80. The van der Waals surface area contributed by atoms with Gasteiger partial charge in [-0.3, -0.25) is 9.69 Å². The molecule has 0 aliphatic carbocycles. The second kappa shape index (κ2) is 6.86. The number of hydrogen-bond donors (Lipinski definition) is 0. The van der Waals surface area contributed by atoms with Crippen molar-refractivity contribution in [2.75, 3.05) is 46.9 Å². The fourth-order valence-corrected chi connectivity index (χ4v) is 2.58. The van der Waals surface area contributed by atoms with Crippen LogP contribution in [0.1, 0.15) is 22.3 Å². The minimum Gasteiger partial charge on any atom is -0.496 e. The summed E-state index contributed by atoms with van der Waals surface area (Å²) in [7, 11) is 3.75. The molecule has 0 aromatic heterocycles. The first-order chi connectivity index (χ1) is 9.60. The van der Waals surface area contributed by atoms with Gasteiger partial charge in [0, 0.05) is 13.1 Å². The number of nitrogens with zero attached hydrogens (tertiary/aromatic N) is 2. The Morgan fingerprint density at radius 1 is 1.25 bits per heavy atom. The lowest BCUT2D eigenvalue weighted by atomic mass is 10.1. The maximum atomic E-state index is 12.5. The maximum Gasteiger partial charge on any atom is 0.180 e. The fraction of sp³-hybridized carbons (Fsp3) is 0.562. The number of Topliss-reactive ketones (excluding diaryl/α,β-unsaturated/α-hetero) is 1. The molecular weight excluding hydrogens is 252 g/mol. The molecule has 2 rings (SSSR count). The Morgan fingerprint density at radius 3 is 2.80 bits per heavy atom. The number of carbonyl (C=O) groups excluding carboxylic acids is 1. The van der Waals surface area contributed by atoms with E-state index in [1.165, 1.54) is 0 Å². The monoisotopic (exact) mass is 276 g/mol. The summed E-state index contributed by atoms with van der Waals surface area (Å²) in [5.74, 6) is 0.827. The minimum atomic E-state index is 0.145. The Hall–Kier alpha value is -1.39. The molecule has 110 valence electrons. The van der Waals surface area contributed by atoms with Crippen molar-refractivity contribution in [2.45, 2.75) is 13.3 Å². The van der Waals surface area contributed by atoms with Crippen LogP contribution in [0.2, 0.25) is 0 Å². The van der Waals surface area contributed by atoms with Crippen molar-refractivity contribution in [1.29, 1.82) is 0 Å². The quantitative estimate of drug-likeness (QED) is 0.785. The molecule has 1 saturated heterocycles. The van der Waals surface area contributed by atoms with Gasteiger partial charge in [-0.1, -0.05) is 6.07 Å². The number of carbonyl (C=O) groups is 1. The van der Waals surface area contributed by atoms with E-state index in [-0.39, 0.29) is 5.78 Å². The van der Waals surface area contributed by atoms with Crippen molar-refractivity contribution < 1.29 is 9.53 Å². The van der Waals surface area contributed by atoms with Crippen LogP contribution in [0.5, 0.6) is 5.75 Å². The van der Waals surface area contributed by atoms with E-state index in [1.54, 1.807) is 7.11 Å². The highest BCUT2D eigenvalue weighted by Gasteiger charge is 2.18. The van der Waals surface area contributed by atoms with Crippen LogP contribution >= 0.6 is 0 Å². The largest absolute Gasteiger partial charge is 0.496 e. The molecule has 0 atom stereocenters. The highest BCUT2D eigenvalue weighted by Crippen LogP contribution is 2.20. The van der Waals surface area contributed by atoms with Crippen LogP contribution in [0, 0.1) is 6.92 Å². The maximum absolute atomic E-state index is 12.5. The number of ketones is 1. The third-order valence-corrected chi connectivity index (χ3v) is 3.84. The smallest absolute Gasteiger partial charge is 0.180 e. The topological polar surface area (TPSA) is 32.8 Å². The molecule has 0 radical (unpaired) electrons. The zero-order valence-electron chi connectivity index (χ0n) is 12.7. The summed E-state index contributed by atoms with van der Waals surface area (Å²) in [6.45, 7) is 6.56. The molecule has 0 spiro atoms. The molecule has 4 nitrogen and oxygen atoms in total. The van der Waals surface area contributed by atoms with Crippen LogP contribution in [-0.4, -0.2) is 62.5 Å². The number of hydrogen-bond acceptors (Lipinski definition) is 4. The first-order valence-corrected chi connectivity index (χ1v) is 7.19. The lowest BCUT2D eigenvalue weighted by Gasteiger charge is -2.19. The van der Waals surface area contributed by atoms with Crippen LogP contribution in [0.3, 0.4) is 0 Å². The van der Waals surface area contributed by atoms with Crippen molar-refractivity contribution in [3.63, 3.8) is 0 Å². The van der Waals surface area contributed by atoms with E-state index in [9.17, 15) is 4.79 Å². The van der Waals surface area contributed by atoms with Gasteiger partial charge in [-0.25, -0.2) is 0 Å². The van der Waals surface area contributed by atoms with Crippen LogP contribution in [-0.2, 0) is 0 Å². The molecule has 1 heterocycles. The molecule has 0 amide bonds. The molecule has 0 N–H and O–H groups in total. The number of benzene rings is 1. The zero-order chi connectivity index (χ0) is 14.5. The molecule has 1 aromatic carbocycles. The summed E-state index contributed by atoms with van der Waals surface area (Å²) in [6, 6.07) is 5.76. The average Bonchev–Trinajstić information content (AvgIpc) is 2.63. The zero-order valence-corrected chi connectivity index (χ0v) is 12.7. The lowest BCUT2D eigenvalue weighted by Crippen LogP contribution is -2.33. The van der Waals surface area contributed by atoms with Crippen LogP contribution in [0.25, 0.3) is 0 Å². The Bertz CT molecular complexity index is 474. The minimum absolute atomic E-state index is 0.145. The molecule has 1 aliphatic heterocycles. The molecule has 1 fully saturated rings. The highest BCUT2D eigenvalue weighted by atomic mass is 16.5. The van der Waals surface area contributed by atoms with Crippen LogP contribution in [0.4, 0.5) is 0 Å². The van der Waals surface area contributed by atoms with Gasteiger partial charge in [0.25, 0.3) is 0 Å². The standard InChI is InChI=1S/C16H24N2O2/c1-13-5-6-14(16(11-13)20-3)15(19)12-18-8-4-7-17(2)9-10-18/h5-6,11H,4,7-10,12H2,1-3H3. The van der Waals surface area contributed by atoms with Gasteiger partial charge in [0.15, 0.2) is 5.78 Å². The van der Waals surface area contributed by atoms with E-state index in [0.717, 1.165) is 38.2 Å². The van der Waals surface area contributed by atoms with Crippen molar-refractivity contribution in [2.24, 2.45) is 0 Å². The first-order valence-electron chi connectivity index (χ1n) is 7.19. The Balaban J connectivity index is 2.04. The van der Waals surface area contributed by atoms with Gasteiger partial charge in [-0.15, -0.1) is 0 Å². The Morgan fingerprint density at radius 2 is 2.05 bits per heavy atom. The summed E-state index contributed by atoms with van der Waals surface area (Å²) in [5, 5.41) is 0. The highest BCUT2D eigenvalue weighted by molar-refractivity contribution is 6.00. The third kappa shape index (κ3) is 3.81. The van der Waals surface area contributed by atoms with Gasteiger partial charge in [-0.05, 0) is 51.2 Å². The number of aryl methyl sites for hydroxylation is 1. The van der Waals surface area contributed by atoms with Crippen molar-refractivity contribution in [3.8, 4) is 5.75 Å². The summed E-state index contributed by atoms with van der Waals surface area (Å²) >= 11 is 0. The molecule has 0 unspecified atom stereocenters. The van der Waals surface area contributed by atoms with E-state index in [1.807, 2.05) is 25.1 Å². The number of ether oxygens (including phenoxy) is 1. The summed E-state index contributed by atoms with van der Waals surface area (Å²) in [6.07, 6.45) is 1.12. The van der Waals surface area contributed by atoms with Crippen molar-refractivity contribution in [3.05, 3.63) is 29.3 Å². The summed E-state index contributed by atoms with van der Waals surface area (Å²) in [4.78, 5) is 17.0. The number of likely N-dealkylation sites (N-methyl/N-ethyl adjacent to an activating group) is 1. The second-order valence-corrected chi connectivity index (χ2v) is 5.56. The van der Waals surface area contributed by atoms with E-state index in [2.05, 4.69) is 16.8 Å². The molecule has 1 aromatic rings. The van der Waals surface area contributed by atoms with E-state index >= 15 is 0 Å². The van der Waals surface area contributed by atoms with Crippen molar-refractivity contribution in [1.82, 2.24) is 9.80 Å². The number of methoxy groups -OCH3 is 1. The molecule has 4 heteroatoms. The molecular formula is C16H24N2O2. The van der Waals surface area contributed by atoms with Gasteiger partial charge >= 0.3 is 0 Å². The van der Waals surface area contributed by atoms with Gasteiger partial charge in [0.05, 0.1) is 19.2 Å². The van der Waals surface area contributed by atoms with E-state index < -0.39 is 0 Å². The van der Waals surface area contributed by atoms with Gasteiger partial charge in [0.2, 0.25) is 0 Å². The average molecular weight is 276 g/mol. The van der Waals surface area contributed by atoms with E-state index in [0.29, 0.717) is 17.9 Å². The molecule has 20 heavy (non-hydrogen) atoms. The normalized spacial score (nSPS) is 17.8. The van der Waals surface area contributed by atoms with Gasteiger partial charge in [-0.2, -0.15) is 0 Å². The SMILES string of the molecule is COc1cc(C)ccc1C(=O)CN1CCCN(C)CC1. The predicted octanol–water partition coefficient (Wildman–Crippen LogP) is 1.82. The van der Waals surface area contributed by atoms with Gasteiger partial charge in [0.1, 0.15) is 5.75 Å². The fourth-order valence-electron chi connectivity index (χ4n) is 2.58. The molecule has 1 aliphatic rings. The van der Waals surface area contributed by atoms with Gasteiger partial charge < -0.3 is 9.64 Å². The Kier molecular flexibility index (Phi) is 5.15. The van der Waals surface area contributed by atoms with Crippen LogP contribution in [0.15, 0.2) is 18.2 Å². The third-order valence-electron chi connectivity index (χ3n) is 3.84. The predicted molar refractivity (Wildman–Crippen MR) is 80.6 cm³/mol. The molecule has 0 bridgehead atoms. The Labute approximate surface area is 121 Å².